The molecule has 1 aromatic heterocycles. The Hall–Kier alpha value is -2.15. The first kappa shape index (κ1) is 17.7. The molecule has 2 fully saturated rings. The minimum atomic E-state index is -0.805. The summed E-state index contributed by atoms with van der Waals surface area (Å²) in [5.41, 5.74) is -0.391. The van der Waals surface area contributed by atoms with Crippen LogP contribution in [0.1, 0.15) is 41.7 Å². The molecule has 1 unspecified atom stereocenters. The number of piperidine rings is 1. The molecule has 0 bridgehead atoms. The minimum absolute atomic E-state index is 0.00908. The number of hydrogen-bond donors (Lipinski definition) is 1. The van der Waals surface area contributed by atoms with Crippen LogP contribution in [0.4, 0.5) is 0 Å². The molecule has 1 aromatic rings. The molecular formula is C18H25N3O4. The fourth-order valence-corrected chi connectivity index (χ4v) is 4.02. The van der Waals surface area contributed by atoms with E-state index < -0.39 is 11.1 Å². The van der Waals surface area contributed by atoms with Gasteiger partial charge in [0.1, 0.15) is 11.1 Å². The number of nitrogens with one attached hydrogen (secondary N) is 1. The molecular weight excluding hydrogens is 322 g/mol. The van der Waals surface area contributed by atoms with Crippen molar-refractivity contribution >= 4 is 11.8 Å². The standard InChI is InChI=1S/C18H25N3O4/c1-13-5-6-14(15(22)19-13)16(23)21-10-4-8-18(21)7-3-9-20(17(18)24)11-12-25-2/h5-6H,3-4,7-12H2,1-2H3,(H,19,22). The lowest BCUT2D eigenvalue weighted by Gasteiger charge is -2.44. The van der Waals surface area contributed by atoms with Crippen LogP contribution >= 0.6 is 0 Å². The Morgan fingerprint density at radius 3 is 2.64 bits per heavy atom. The van der Waals surface area contributed by atoms with Gasteiger partial charge in [0.2, 0.25) is 5.91 Å². The number of methoxy groups -OCH3 is 1. The van der Waals surface area contributed by atoms with E-state index in [9.17, 15) is 14.4 Å². The van der Waals surface area contributed by atoms with Crippen LogP contribution in [0.25, 0.3) is 0 Å². The molecule has 2 amide bonds. The summed E-state index contributed by atoms with van der Waals surface area (Å²) in [6, 6.07) is 3.27. The van der Waals surface area contributed by atoms with Crippen molar-refractivity contribution < 1.29 is 14.3 Å². The number of aromatic nitrogens is 1. The molecule has 7 nitrogen and oxygen atoms in total. The van der Waals surface area contributed by atoms with Gasteiger partial charge in [0, 0.05) is 32.4 Å². The lowest BCUT2D eigenvalue weighted by molar-refractivity contribution is -0.146. The molecule has 0 radical (unpaired) electrons. The monoisotopic (exact) mass is 347 g/mol. The van der Waals surface area contributed by atoms with Gasteiger partial charge in [-0.2, -0.15) is 0 Å². The second-order valence-electron chi connectivity index (χ2n) is 6.86. The van der Waals surface area contributed by atoms with Crippen LogP contribution in [0.2, 0.25) is 0 Å². The highest BCUT2D eigenvalue weighted by Crippen LogP contribution is 2.38. The first-order valence-electron chi connectivity index (χ1n) is 8.80. The Kier molecular flexibility index (Phi) is 4.94. The average molecular weight is 347 g/mol. The lowest BCUT2D eigenvalue weighted by Crippen LogP contribution is -2.62. The van der Waals surface area contributed by atoms with Crippen molar-refractivity contribution in [1.82, 2.24) is 14.8 Å². The van der Waals surface area contributed by atoms with Gasteiger partial charge >= 0.3 is 0 Å². The quantitative estimate of drug-likeness (QED) is 0.878. The summed E-state index contributed by atoms with van der Waals surface area (Å²) < 4.78 is 5.09. The number of pyridine rings is 1. The Balaban J connectivity index is 1.89. The van der Waals surface area contributed by atoms with Crippen molar-refractivity contribution in [2.75, 3.05) is 33.4 Å². The number of hydrogen-bond acceptors (Lipinski definition) is 4. The van der Waals surface area contributed by atoms with E-state index in [1.54, 1.807) is 36.0 Å². The van der Waals surface area contributed by atoms with E-state index in [0.29, 0.717) is 44.8 Å². The highest BCUT2D eigenvalue weighted by atomic mass is 16.5. The lowest BCUT2D eigenvalue weighted by atomic mass is 9.85. The van der Waals surface area contributed by atoms with Gasteiger partial charge in [0.05, 0.1) is 6.61 Å². The van der Waals surface area contributed by atoms with Crippen molar-refractivity contribution in [1.29, 1.82) is 0 Å². The molecule has 2 aliphatic heterocycles. The summed E-state index contributed by atoms with van der Waals surface area (Å²) in [7, 11) is 1.61. The van der Waals surface area contributed by atoms with Crippen molar-refractivity contribution in [2.45, 2.75) is 38.1 Å². The van der Waals surface area contributed by atoms with Crippen LogP contribution in [0, 0.1) is 6.92 Å². The second-order valence-corrected chi connectivity index (χ2v) is 6.86. The van der Waals surface area contributed by atoms with Gasteiger partial charge in [-0.15, -0.1) is 0 Å². The number of nitrogens with zero attached hydrogens (tertiary/aromatic N) is 2. The fraction of sp³-hybridized carbons (Fsp3) is 0.611. The molecule has 0 aliphatic carbocycles. The van der Waals surface area contributed by atoms with Crippen molar-refractivity contribution in [2.24, 2.45) is 0 Å². The second kappa shape index (κ2) is 7.00. The molecule has 1 spiro atoms. The number of ether oxygens (including phenoxy) is 1. The maximum Gasteiger partial charge on any atom is 0.260 e. The summed E-state index contributed by atoms with van der Waals surface area (Å²) in [6.07, 6.45) is 2.94. The van der Waals surface area contributed by atoms with Crippen LogP contribution in [0.3, 0.4) is 0 Å². The molecule has 7 heteroatoms. The zero-order valence-electron chi connectivity index (χ0n) is 14.8. The first-order chi connectivity index (χ1) is 12.0. The van der Waals surface area contributed by atoms with Gasteiger partial charge < -0.3 is 19.5 Å². The maximum atomic E-state index is 13.1. The first-order valence-corrected chi connectivity index (χ1v) is 8.80. The molecule has 3 rings (SSSR count). The predicted molar refractivity (Wildman–Crippen MR) is 92.5 cm³/mol. The third-order valence-electron chi connectivity index (χ3n) is 5.29. The van der Waals surface area contributed by atoms with Crippen molar-refractivity contribution in [3.8, 4) is 0 Å². The molecule has 0 aromatic carbocycles. The number of rotatable bonds is 4. The highest BCUT2D eigenvalue weighted by Gasteiger charge is 2.52. The summed E-state index contributed by atoms with van der Waals surface area (Å²) in [5, 5.41) is 0. The van der Waals surface area contributed by atoms with E-state index in [1.807, 2.05) is 0 Å². The third-order valence-corrected chi connectivity index (χ3v) is 5.29. The Labute approximate surface area is 147 Å². The van der Waals surface area contributed by atoms with Gasteiger partial charge in [0.25, 0.3) is 11.5 Å². The van der Waals surface area contributed by atoms with E-state index in [0.717, 1.165) is 12.8 Å². The van der Waals surface area contributed by atoms with E-state index in [4.69, 9.17) is 4.74 Å². The normalized spacial score (nSPS) is 23.5. The molecule has 3 heterocycles. The number of aryl methyl sites for hydroxylation is 1. The smallest absolute Gasteiger partial charge is 0.260 e. The Morgan fingerprint density at radius 1 is 1.24 bits per heavy atom. The predicted octanol–water partition coefficient (Wildman–Crippen LogP) is 0.927. The number of amides is 2. The van der Waals surface area contributed by atoms with Gasteiger partial charge in [-0.3, -0.25) is 14.4 Å². The summed E-state index contributed by atoms with van der Waals surface area (Å²) in [6.45, 7) is 3.98. The van der Waals surface area contributed by atoms with Crippen LogP contribution in [0.15, 0.2) is 16.9 Å². The summed E-state index contributed by atoms with van der Waals surface area (Å²) >= 11 is 0. The fourth-order valence-electron chi connectivity index (χ4n) is 4.02. The number of likely N-dealkylation sites (tertiary alicyclic amines) is 2. The van der Waals surface area contributed by atoms with Gasteiger partial charge in [-0.1, -0.05) is 0 Å². The number of aromatic amines is 1. The molecule has 1 N–H and O–H groups in total. The van der Waals surface area contributed by atoms with E-state index in [1.165, 1.54) is 0 Å². The number of carbonyl (C=O) groups is 2. The third kappa shape index (κ3) is 3.08. The Bertz CT molecular complexity index is 729. The molecule has 136 valence electrons. The van der Waals surface area contributed by atoms with Crippen molar-refractivity contribution in [3.63, 3.8) is 0 Å². The van der Waals surface area contributed by atoms with Gasteiger partial charge in [-0.05, 0) is 44.7 Å². The zero-order chi connectivity index (χ0) is 18.0. The topological polar surface area (TPSA) is 82.7 Å². The Morgan fingerprint density at radius 2 is 1.96 bits per heavy atom. The minimum Gasteiger partial charge on any atom is -0.383 e. The van der Waals surface area contributed by atoms with Gasteiger partial charge in [-0.25, -0.2) is 0 Å². The van der Waals surface area contributed by atoms with E-state index >= 15 is 0 Å². The maximum absolute atomic E-state index is 13.1. The van der Waals surface area contributed by atoms with Crippen molar-refractivity contribution in [3.05, 3.63) is 33.7 Å². The highest BCUT2D eigenvalue weighted by molar-refractivity contribution is 5.99. The number of carbonyl (C=O) groups excluding carboxylic acids is 2. The molecule has 0 saturated carbocycles. The van der Waals surface area contributed by atoms with E-state index in [-0.39, 0.29) is 17.4 Å². The zero-order valence-corrected chi connectivity index (χ0v) is 14.8. The van der Waals surface area contributed by atoms with Gasteiger partial charge in [0.15, 0.2) is 0 Å². The summed E-state index contributed by atoms with van der Waals surface area (Å²) in [4.78, 5) is 44.4. The SMILES string of the molecule is COCCN1CCCC2(CCCN2C(=O)c2ccc(C)[nH]c2=O)C1=O. The van der Waals surface area contributed by atoms with E-state index in [2.05, 4.69) is 4.98 Å². The molecule has 2 aliphatic rings. The van der Waals surface area contributed by atoms with Crippen LogP contribution in [-0.4, -0.2) is 65.5 Å². The summed E-state index contributed by atoms with van der Waals surface area (Å²) in [5.74, 6) is -0.356. The number of H-pyrrole nitrogens is 1. The molecule has 2 saturated heterocycles. The molecule has 25 heavy (non-hydrogen) atoms. The van der Waals surface area contributed by atoms with Crippen LogP contribution in [0.5, 0.6) is 0 Å². The molecule has 1 atom stereocenters. The largest absolute Gasteiger partial charge is 0.383 e. The van der Waals surface area contributed by atoms with Crippen LogP contribution < -0.4 is 5.56 Å². The average Bonchev–Trinajstić information content (AvgIpc) is 3.00. The van der Waals surface area contributed by atoms with Crippen LogP contribution in [-0.2, 0) is 9.53 Å².